The van der Waals surface area contributed by atoms with Crippen LogP contribution in [0, 0.1) is 0 Å². The minimum atomic E-state index is -2.85. The van der Waals surface area contributed by atoms with Crippen LogP contribution in [-0.2, 0) is 6.54 Å². The Hall–Kier alpha value is -2.18. The normalized spacial score (nSPS) is 12.2. The summed E-state index contributed by atoms with van der Waals surface area (Å²) in [4.78, 5) is 0. The van der Waals surface area contributed by atoms with Crippen LogP contribution < -0.4 is 14.8 Å². The van der Waals surface area contributed by atoms with Crippen molar-refractivity contribution in [2.75, 3.05) is 13.7 Å². The number of hydrogen-bond donors (Lipinski definition) is 2. The summed E-state index contributed by atoms with van der Waals surface area (Å²) in [6, 6.07) is 13.6. The first-order valence-electron chi connectivity index (χ1n) is 7.15. The Morgan fingerprint density at radius 3 is 2.48 bits per heavy atom. The fourth-order valence-electron chi connectivity index (χ4n) is 2.12. The van der Waals surface area contributed by atoms with E-state index < -0.39 is 12.7 Å². The maximum absolute atomic E-state index is 12.1. The zero-order chi connectivity index (χ0) is 16.7. The Bertz CT molecular complexity index is 605. The number of alkyl halides is 2. The smallest absolute Gasteiger partial charge is 0.387 e. The van der Waals surface area contributed by atoms with Crippen molar-refractivity contribution in [1.82, 2.24) is 5.32 Å². The molecule has 0 saturated carbocycles. The molecular weight excluding hydrogens is 304 g/mol. The largest absolute Gasteiger partial charge is 0.497 e. The third-order valence-corrected chi connectivity index (χ3v) is 3.29. The Morgan fingerprint density at radius 1 is 1.09 bits per heavy atom. The highest BCUT2D eigenvalue weighted by atomic mass is 19.3. The number of hydrogen-bond acceptors (Lipinski definition) is 4. The number of nitrogens with one attached hydrogen (secondary N) is 1. The van der Waals surface area contributed by atoms with Crippen LogP contribution in [0.4, 0.5) is 8.78 Å². The van der Waals surface area contributed by atoms with Crippen LogP contribution in [0.2, 0.25) is 0 Å². The van der Waals surface area contributed by atoms with Gasteiger partial charge in [0.1, 0.15) is 11.5 Å². The van der Waals surface area contributed by atoms with Crippen LogP contribution in [0.3, 0.4) is 0 Å². The number of methoxy groups -OCH3 is 1. The summed E-state index contributed by atoms with van der Waals surface area (Å²) in [6.07, 6.45) is -0.735. The lowest BCUT2D eigenvalue weighted by Crippen LogP contribution is -2.21. The van der Waals surface area contributed by atoms with Gasteiger partial charge >= 0.3 is 6.61 Å². The Morgan fingerprint density at radius 2 is 1.83 bits per heavy atom. The Kier molecular flexibility index (Phi) is 6.31. The van der Waals surface area contributed by atoms with E-state index in [-0.39, 0.29) is 5.75 Å². The molecule has 0 amide bonds. The minimum absolute atomic E-state index is 0.0697. The second-order valence-corrected chi connectivity index (χ2v) is 4.95. The zero-order valence-electron chi connectivity index (χ0n) is 12.7. The molecule has 0 saturated heterocycles. The van der Waals surface area contributed by atoms with Gasteiger partial charge in [-0.05, 0) is 35.4 Å². The van der Waals surface area contributed by atoms with E-state index in [9.17, 15) is 13.9 Å². The van der Waals surface area contributed by atoms with E-state index in [1.165, 1.54) is 12.1 Å². The number of rotatable bonds is 8. The first-order valence-corrected chi connectivity index (χ1v) is 7.15. The monoisotopic (exact) mass is 323 g/mol. The molecule has 2 aromatic rings. The molecule has 0 fully saturated rings. The highest BCUT2D eigenvalue weighted by molar-refractivity contribution is 5.29. The van der Waals surface area contributed by atoms with E-state index in [0.717, 1.165) is 11.3 Å². The predicted octanol–water partition coefficient (Wildman–Crippen LogP) is 3.12. The molecule has 0 aliphatic heterocycles. The molecule has 23 heavy (non-hydrogen) atoms. The summed E-state index contributed by atoms with van der Waals surface area (Å²) in [5.74, 6) is 0.847. The quantitative estimate of drug-likeness (QED) is 0.784. The van der Waals surface area contributed by atoms with E-state index in [2.05, 4.69) is 10.1 Å². The van der Waals surface area contributed by atoms with Gasteiger partial charge in [-0.25, -0.2) is 0 Å². The van der Waals surface area contributed by atoms with Crippen molar-refractivity contribution in [1.29, 1.82) is 0 Å². The Balaban J connectivity index is 1.83. The van der Waals surface area contributed by atoms with Crippen molar-refractivity contribution in [2.24, 2.45) is 0 Å². The van der Waals surface area contributed by atoms with Crippen LogP contribution >= 0.6 is 0 Å². The maximum Gasteiger partial charge on any atom is 0.387 e. The van der Waals surface area contributed by atoms with Gasteiger partial charge in [-0.1, -0.05) is 24.3 Å². The molecule has 2 rings (SSSR count). The lowest BCUT2D eigenvalue weighted by molar-refractivity contribution is -0.0498. The average molecular weight is 323 g/mol. The molecule has 0 aliphatic carbocycles. The summed E-state index contributed by atoms with van der Waals surface area (Å²) >= 11 is 0. The van der Waals surface area contributed by atoms with E-state index in [0.29, 0.717) is 18.7 Å². The predicted molar refractivity (Wildman–Crippen MR) is 82.7 cm³/mol. The first kappa shape index (κ1) is 17.2. The van der Waals surface area contributed by atoms with Crippen LogP contribution in [0.5, 0.6) is 11.5 Å². The van der Waals surface area contributed by atoms with Gasteiger partial charge in [-0.3, -0.25) is 0 Å². The molecule has 2 N–H and O–H groups in total. The van der Waals surface area contributed by atoms with Gasteiger partial charge in [0.25, 0.3) is 0 Å². The van der Waals surface area contributed by atoms with Crippen LogP contribution in [0.1, 0.15) is 17.2 Å². The van der Waals surface area contributed by atoms with Gasteiger partial charge in [0.15, 0.2) is 0 Å². The van der Waals surface area contributed by atoms with E-state index in [1.54, 1.807) is 19.2 Å². The lowest BCUT2D eigenvalue weighted by atomic mass is 10.1. The fraction of sp³-hybridized carbons (Fsp3) is 0.294. The summed E-state index contributed by atoms with van der Waals surface area (Å²) in [5.41, 5.74) is 1.67. The first-order chi connectivity index (χ1) is 11.1. The van der Waals surface area contributed by atoms with Crippen molar-refractivity contribution in [3.63, 3.8) is 0 Å². The number of halogens is 2. The molecule has 4 nitrogen and oxygen atoms in total. The lowest BCUT2D eigenvalue weighted by Gasteiger charge is -2.13. The molecule has 6 heteroatoms. The number of benzene rings is 2. The molecule has 1 atom stereocenters. The van der Waals surface area contributed by atoms with Crippen molar-refractivity contribution >= 4 is 0 Å². The highest BCUT2D eigenvalue weighted by Crippen LogP contribution is 2.19. The van der Waals surface area contributed by atoms with Gasteiger partial charge in [-0.15, -0.1) is 0 Å². The second kappa shape index (κ2) is 8.45. The minimum Gasteiger partial charge on any atom is -0.497 e. The van der Waals surface area contributed by atoms with Crippen LogP contribution in [0.15, 0.2) is 48.5 Å². The second-order valence-electron chi connectivity index (χ2n) is 4.95. The standard InChI is InChI=1S/C17H19F2NO3/c1-22-15-4-2-3-12(9-15)10-20-11-16(21)13-5-7-14(8-6-13)23-17(18)19/h2-9,16-17,20-21H,10-11H2,1H3. The fourth-order valence-corrected chi connectivity index (χ4v) is 2.12. The molecule has 0 aliphatic rings. The van der Waals surface area contributed by atoms with Crippen LogP contribution in [0.25, 0.3) is 0 Å². The average Bonchev–Trinajstić information content (AvgIpc) is 2.55. The molecule has 0 radical (unpaired) electrons. The van der Waals surface area contributed by atoms with E-state index in [4.69, 9.17) is 4.74 Å². The molecule has 0 aromatic heterocycles. The molecule has 124 valence electrons. The van der Waals surface area contributed by atoms with Crippen molar-refractivity contribution in [3.05, 3.63) is 59.7 Å². The third kappa shape index (κ3) is 5.50. The summed E-state index contributed by atoms with van der Waals surface area (Å²) < 4.78 is 33.6. The van der Waals surface area contributed by atoms with Gasteiger partial charge in [0.2, 0.25) is 0 Å². The van der Waals surface area contributed by atoms with Crippen molar-refractivity contribution < 1.29 is 23.4 Å². The summed E-state index contributed by atoms with van der Waals surface area (Å²) in [6.45, 7) is -1.93. The zero-order valence-corrected chi connectivity index (χ0v) is 12.7. The molecule has 0 spiro atoms. The maximum atomic E-state index is 12.1. The highest BCUT2D eigenvalue weighted by Gasteiger charge is 2.09. The van der Waals surface area contributed by atoms with E-state index >= 15 is 0 Å². The van der Waals surface area contributed by atoms with Gasteiger partial charge in [0, 0.05) is 13.1 Å². The van der Waals surface area contributed by atoms with Gasteiger partial charge in [-0.2, -0.15) is 8.78 Å². The third-order valence-electron chi connectivity index (χ3n) is 3.29. The van der Waals surface area contributed by atoms with E-state index in [1.807, 2.05) is 24.3 Å². The molecule has 0 bridgehead atoms. The molecular formula is C17H19F2NO3. The van der Waals surface area contributed by atoms with Gasteiger partial charge in [0.05, 0.1) is 13.2 Å². The summed E-state index contributed by atoms with van der Waals surface area (Å²) in [5, 5.41) is 13.2. The number of aliphatic hydroxyl groups excluding tert-OH is 1. The number of aliphatic hydroxyl groups is 1. The van der Waals surface area contributed by atoms with Crippen molar-refractivity contribution in [2.45, 2.75) is 19.3 Å². The van der Waals surface area contributed by atoms with Crippen LogP contribution in [-0.4, -0.2) is 25.4 Å². The SMILES string of the molecule is COc1cccc(CNCC(O)c2ccc(OC(F)F)cc2)c1. The summed E-state index contributed by atoms with van der Waals surface area (Å²) in [7, 11) is 1.61. The molecule has 0 heterocycles. The molecule has 2 aromatic carbocycles. The molecule has 1 unspecified atom stereocenters. The topological polar surface area (TPSA) is 50.7 Å². The van der Waals surface area contributed by atoms with Gasteiger partial charge < -0.3 is 19.9 Å². The van der Waals surface area contributed by atoms with Crippen molar-refractivity contribution in [3.8, 4) is 11.5 Å². The number of ether oxygens (including phenoxy) is 2. The Labute approximate surface area is 133 Å².